The van der Waals surface area contributed by atoms with Gasteiger partial charge in [-0.25, -0.2) is 0 Å². The number of aliphatic hydroxyl groups is 1. The average molecular weight is 449 g/mol. The zero-order chi connectivity index (χ0) is 20.6. The summed E-state index contributed by atoms with van der Waals surface area (Å²) < 4.78 is 0.992. The smallest absolute Gasteiger partial charge is 0.141 e. The Morgan fingerprint density at radius 3 is 2.28 bits per heavy atom. The van der Waals surface area contributed by atoms with Crippen molar-refractivity contribution in [3.8, 4) is 11.1 Å². The van der Waals surface area contributed by atoms with Crippen LogP contribution in [0.25, 0.3) is 11.1 Å². The molecule has 0 bridgehead atoms. The fraction of sp³-hybridized carbons (Fsp3) is 0.333. The molecule has 150 valence electrons. The van der Waals surface area contributed by atoms with Gasteiger partial charge < -0.3 is 5.11 Å². The highest BCUT2D eigenvalue weighted by atomic mass is 79.9. The molecular weight excluding hydrogens is 420 g/mol. The van der Waals surface area contributed by atoms with Crippen LogP contribution in [0.3, 0.4) is 0 Å². The summed E-state index contributed by atoms with van der Waals surface area (Å²) in [7, 11) is 0. The van der Waals surface area contributed by atoms with E-state index in [9.17, 15) is 5.11 Å². The van der Waals surface area contributed by atoms with Crippen LogP contribution >= 0.6 is 15.9 Å². The number of halogens is 1. The molecule has 2 heteroatoms. The Morgan fingerprint density at radius 2 is 1.52 bits per heavy atom. The number of fused-ring (bicyclic) bond motifs is 3. The third kappa shape index (κ3) is 3.69. The number of aryl methyl sites for hydroxylation is 3. The highest BCUT2D eigenvalue weighted by molar-refractivity contribution is 9.10. The van der Waals surface area contributed by atoms with Crippen LogP contribution in [-0.4, -0.2) is 5.11 Å². The van der Waals surface area contributed by atoms with E-state index in [0.29, 0.717) is 0 Å². The zero-order valence-corrected chi connectivity index (χ0v) is 19.1. The van der Waals surface area contributed by atoms with Crippen LogP contribution < -0.4 is 0 Å². The van der Waals surface area contributed by atoms with Gasteiger partial charge in [0.2, 0.25) is 0 Å². The molecule has 1 atom stereocenters. The van der Waals surface area contributed by atoms with Gasteiger partial charge in [-0.2, -0.15) is 0 Å². The quantitative estimate of drug-likeness (QED) is 0.388. The molecule has 0 aliphatic heterocycles. The number of hydrogen-bond donors (Lipinski definition) is 1. The van der Waals surface area contributed by atoms with E-state index >= 15 is 0 Å². The minimum absolute atomic E-state index is 0.968. The van der Waals surface area contributed by atoms with E-state index in [1.165, 1.54) is 42.4 Å². The molecule has 0 heterocycles. The highest BCUT2D eigenvalue weighted by Gasteiger charge is 2.43. The lowest BCUT2D eigenvalue weighted by molar-refractivity contribution is 0.130. The summed E-state index contributed by atoms with van der Waals surface area (Å²) in [6.45, 7) is 6.47. The average Bonchev–Trinajstić information content (AvgIpc) is 2.94. The van der Waals surface area contributed by atoms with Crippen LogP contribution in [-0.2, 0) is 12.0 Å². The molecule has 3 aromatic carbocycles. The van der Waals surface area contributed by atoms with E-state index < -0.39 is 5.60 Å². The Hall–Kier alpha value is -1.90. The van der Waals surface area contributed by atoms with Gasteiger partial charge in [-0.1, -0.05) is 95.7 Å². The molecule has 3 aromatic rings. The molecule has 0 aromatic heterocycles. The van der Waals surface area contributed by atoms with E-state index in [2.05, 4.69) is 91.3 Å². The summed E-state index contributed by atoms with van der Waals surface area (Å²) in [5.74, 6) is 0. The molecule has 1 aliphatic rings. The lowest BCUT2D eigenvalue weighted by atomic mass is 9.82. The summed E-state index contributed by atoms with van der Waals surface area (Å²) >= 11 is 3.62. The minimum atomic E-state index is -1.12. The Kier molecular flexibility index (Phi) is 5.68. The van der Waals surface area contributed by atoms with Crippen molar-refractivity contribution in [3.63, 3.8) is 0 Å². The maximum Gasteiger partial charge on any atom is 0.141 e. The summed E-state index contributed by atoms with van der Waals surface area (Å²) in [5, 5.41) is 12.3. The van der Waals surface area contributed by atoms with E-state index in [-0.39, 0.29) is 0 Å². The predicted octanol–water partition coefficient (Wildman–Crippen LogP) is 7.45. The number of hydrogen-bond acceptors (Lipinski definition) is 1. The molecule has 29 heavy (non-hydrogen) atoms. The van der Waals surface area contributed by atoms with E-state index in [1.54, 1.807) is 0 Å². The predicted molar refractivity (Wildman–Crippen MR) is 125 cm³/mol. The Labute approximate surface area is 182 Å². The van der Waals surface area contributed by atoms with Crippen molar-refractivity contribution in [2.24, 2.45) is 0 Å². The minimum Gasteiger partial charge on any atom is -0.376 e. The van der Waals surface area contributed by atoms with Crippen LogP contribution in [0.15, 0.2) is 59.1 Å². The van der Waals surface area contributed by atoms with Crippen LogP contribution in [0.5, 0.6) is 0 Å². The fourth-order valence-electron chi connectivity index (χ4n) is 4.67. The van der Waals surface area contributed by atoms with Gasteiger partial charge in [-0.05, 0) is 61.1 Å². The summed E-state index contributed by atoms with van der Waals surface area (Å²) in [4.78, 5) is 0. The van der Waals surface area contributed by atoms with Gasteiger partial charge >= 0.3 is 0 Å². The van der Waals surface area contributed by atoms with Crippen LogP contribution in [0.4, 0.5) is 0 Å². The van der Waals surface area contributed by atoms with Crippen molar-refractivity contribution in [1.29, 1.82) is 0 Å². The van der Waals surface area contributed by atoms with Gasteiger partial charge in [0, 0.05) is 15.6 Å². The number of rotatable bonds is 6. The molecule has 4 rings (SSSR count). The molecule has 1 N–H and O–H groups in total. The first-order valence-electron chi connectivity index (χ1n) is 10.7. The lowest BCUT2D eigenvalue weighted by Gasteiger charge is -2.28. The third-order valence-electron chi connectivity index (χ3n) is 6.10. The monoisotopic (exact) mass is 448 g/mol. The van der Waals surface area contributed by atoms with Crippen molar-refractivity contribution >= 4 is 15.9 Å². The topological polar surface area (TPSA) is 20.2 Å². The third-order valence-corrected chi connectivity index (χ3v) is 6.59. The highest BCUT2D eigenvalue weighted by Crippen LogP contribution is 2.52. The molecular formula is C27H29BrO. The van der Waals surface area contributed by atoms with Crippen molar-refractivity contribution in [1.82, 2.24) is 0 Å². The normalized spacial score (nSPS) is 17.3. The Bertz CT molecular complexity index is 999. The summed E-state index contributed by atoms with van der Waals surface area (Å²) in [6, 6.07) is 19.3. The summed E-state index contributed by atoms with van der Waals surface area (Å²) in [5.41, 5.74) is 7.77. The summed E-state index contributed by atoms with van der Waals surface area (Å²) in [6.07, 6.45) is 6.07. The van der Waals surface area contributed by atoms with Crippen LogP contribution in [0, 0.1) is 13.8 Å². The van der Waals surface area contributed by atoms with E-state index in [4.69, 9.17) is 0 Å². The second-order valence-electron chi connectivity index (χ2n) is 8.47. The molecule has 1 nitrogen and oxygen atoms in total. The van der Waals surface area contributed by atoms with Crippen molar-refractivity contribution in [3.05, 3.63) is 92.5 Å². The first-order chi connectivity index (χ1) is 13.9. The van der Waals surface area contributed by atoms with E-state index in [0.717, 1.165) is 38.7 Å². The van der Waals surface area contributed by atoms with Crippen molar-refractivity contribution in [2.45, 2.75) is 58.5 Å². The van der Waals surface area contributed by atoms with Gasteiger partial charge in [0.15, 0.2) is 0 Å². The first kappa shape index (κ1) is 20.4. The largest absolute Gasteiger partial charge is 0.376 e. The second kappa shape index (κ2) is 8.08. The molecule has 1 unspecified atom stereocenters. The first-order valence-corrected chi connectivity index (χ1v) is 11.5. The van der Waals surface area contributed by atoms with Gasteiger partial charge in [-0.3, -0.25) is 0 Å². The molecule has 0 radical (unpaired) electrons. The van der Waals surface area contributed by atoms with E-state index in [1.807, 2.05) is 0 Å². The standard InChI is InChI=1S/C27H29BrO/c1-4-5-6-7-8-20-13-19(3)14-21(16-20)27(29)25-15-18(2)9-11-23(25)24-12-10-22(28)17-26(24)27/h9-17,29H,4-8H2,1-3H3. The van der Waals surface area contributed by atoms with Crippen molar-refractivity contribution in [2.75, 3.05) is 0 Å². The molecule has 0 spiro atoms. The molecule has 0 saturated carbocycles. The van der Waals surface area contributed by atoms with Crippen molar-refractivity contribution < 1.29 is 5.11 Å². The Balaban J connectivity index is 1.85. The molecule has 0 amide bonds. The van der Waals surface area contributed by atoms with Crippen LogP contribution in [0.2, 0.25) is 0 Å². The van der Waals surface area contributed by atoms with Gasteiger partial charge in [-0.15, -0.1) is 0 Å². The maximum atomic E-state index is 12.3. The second-order valence-corrected chi connectivity index (χ2v) is 9.38. The van der Waals surface area contributed by atoms with Gasteiger partial charge in [0.1, 0.15) is 5.60 Å². The fourth-order valence-corrected chi connectivity index (χ4v) is 5.03. The lowest BCUT2D eigenvalue weighted by Crippen LogP contribution is -2.26. The van der Waals surface area contributed by atoms with Gasteiger partial charge in [0.25, 0.3) is 0 Å². The SMILES string of the molecule is CCCCCCc1cc(C)cc(C2(O)c3cc(C)ccc3-c3ccc(Br)cc32)c1. The number of unbranched alkanes of at least 4 members (excludes halogenated alkanes) is 3. The number of benzene rings is 3. The van der Waals surface area contributed by atoms with Gasteiger partial charge in [0.05, 0.1) is 0 Å². The maximum absolute atomic E-state index is 12.3. The zero-order valence-electron chi connectivity index (χ0n) is 17.6. The Morgan fingerprint density at radius 1 is 0.793 bits per heavy atom. The van der Waals surface area contributed by atoms with Crippen LogP contribution in [0.1, 0.15) is 66.0 Å². The molecule has 0 saturated heterocycles. The molecule has 0 fully saturated rings. The molecule has 1 aliphatic carbocycles.